The monoisotopic (exact) mass is 663 g/mol. The molecule has 1 fully saturated rings. The molecule has 0 spiro atoms. The van der Waals surface area contributed by atoms with Crippen LogP contribution in [0.1, 0.15) is 53.5 Å². The number of methoxy groups -OCH3 is 1. The van der Waals surface area contributed by atoms with Gasteiger partial charge in [0.05, 0.1) is 24.9 Å². The molecule has 0 radical (unpaired) electrons. The molecule has 6 rings (SSSR count). The third-order valence-corrected chi connectivity index (χ3v) is 8.65. The molecule has 3 heterocycles. The number of nitrogens with two attached hydrogens (primary N) is 1. The van der Waals surface area contributed by atoms with Crippen LogP contribution in [0.25, 0.3) is 22.2 Å². The topological polar surface area (TPSA) is 142 Å². The minimum absolute atomic E-state index is 0.00427. The second-order valence-electron chi connectivity index (χ2n) is 11.8. The van der Waals surface area contributed by atoms with Gasteiger partial charge in [-0.25, -0.2) is 14.1 Å². The number of carbonyl (C=O) groups is 2. The highest BCUT2D eigenvalue weighted by Gasteiger charge is 2.50. The van der Waals surface area contributed by atoms with E-state index in [1.54, 1.807) is 0 Å². The quantitative estimate of drug-likeness (QED) is 0.218. The van der Waals surface area contributed by atoms with E-state index in [2.05, 4.69) is 15.4 Å². The van der Waals surface area contributed by atoms with Gasteiger partial charge >= 0.3 is 12.7 Å². The van der Waals surface area contributed by atoms with Gasteiger partial charge in [-0.15, -0.1) is 0 Å². The van der Waals surface area contributed by atoms with Gasteiger partial charge in [-0.05, 0) is 62.1 Å². The zero-order valence-corrected chi connectivity index (χ0v) is 24.8. The number of halogens is 6. The number of rotatable bonds is 9. The Kier molecular flexibility index (Phi) is 7.61. The molecule has 47 heavy (non-hydrogen) atoms. The van der Waals surface area contributed by atoms with Crippen LogP contribution < -0.4 is 20.5 Å². The number of aliphatic hydroxyl groups is 1. The zero-order valence-electron chi connectivity index (χ0n) is 24.8. The van der Waals surface area contributed by atoms with E-state index in [1.165, 1.54) is 32.2 Å². The summed E-state index contributed by atoms with van der Waals surface area (Å²) in [6.07, 6.45) is -2.98. The van der Waals surface area contributed by atoms with Crippen molar-refractivity contribution in [3.05, 3.63) is 70.8 Å². The first kappa shape index (κ1) is 32.1. The van der Waals surface area contributed by atoms with Gasteiger partial charge in [-0.1, -0.05) is 0 Å². The summed E-state index contributed by atoms with van der Waals surface area (Å²) in [4.78, 5) is 30.4. The third kappa shape index (κ3) is 5.49. The smallest absolute Gasteiger partial charge is 0.419 e. The van der Waals surface area contributed by atoms with E-state index in [-0.39, 0.29) is 57.1 Å². The Morgan fingerprint density at radius 1 is 1.21 bits per heavy atom. The van der Waals surface area contributed by atoms with Crippen molar-refractivity contribution in [1.29, 1.82) is 0 Å². The van der Waals surface area contributed by atoms with E-state index >= 15 is 0 Å². The van der Waals surface area contributed by atoms with Gasteiger partial charge in [-0.3, -0.25) is 9.59 Å². The van der Waals surface area contributed by atoms with Crippen LogP contribution in [0.2, 0.25) is 0 Å². The van der Waals surface area contributed by atoms with Crippen LogP contribution in [0, 0.1) is 11.7 Å². The molecule has 2 amide bonds. The van der Waals surface area contributed by atoms with Crippen LogP contribution >= 0.6 is 0 Å². The Hall–Kier alpha value is -4.86. The number of aromatic nitrogens is 3. The Morgan fingerprint density at radius 2 is 1.94 bits per heavy atom. The largest absolute Gasteiger partial charge is 0.494 e. The number of nitrogens with zero attached hydrogens (tertiary/aromatic N) is 3. The number of hydrogen-bond acceptors (Lipinski definition) is 7. The summed E-state index contributed by atoms with van der Waals surface area (Å²) in [5, 5.41) is 18.7. The van der Waals surface area contributed by atoms with E-state index in [1.807, 2.05) is 0 Å². The molecule has 1 saturated carbocycles. The number of alkyl halides is 5. The molecule has 248 valence electrons. The van der Waals surface area contributed by atoms with Crippen LogP contribution in [-0.2, 0) is 22.0 Å². The molecular weight excluding hydrogens is 636 g/mol. The molecule has 2 aliphatic rings. The molecule has 16 heteroatoms. The summed E-state index contributed by atoms with van der Waals surface area (Å²) >= 11 is 0. The van der Waals surface area contributed by atoms with Crippen molar-refractivity contribution in [3.8, 4) is 22.8 Å². The Balaban J connectivity index is 1.41. The lowest BCUT2D eigenvalue weighted by Crippen LogP contribution is -2.44. The molecule has 1 aliphatic heterocycles. The average Bonchev–Trinajstić information content (AvgIpc) is 3.70. The Bertz CT molecular complexity index is 1930. The SMILES string of the molecule is COc1cc(C(=O)NC[C@](O)(c2cc3c(c(-c4ccc(F)c(C(F)(F)F)c4)n2)OC[C@]3(C)C(N)=O)C2CC2)cc2cn(C(F)F)nc12. The summed E-state index contributed by atoms with van der Waals surface area (Å²) in [5.74, 6) is -3.49. The molecule has 0 bridgehead atoms. The van der Waals surface area contributed by atoms with Gasteiger partial charge in [0.25, 0.3) is 5.91 Å². The van der Waals surface area contributed by atoms with Gasteiger partial charge in [-0.2, -0.15) is 27.1 Å². The molecule has 2 aromatic heterocycles. The van der Waals surface area contributed by atoms with Crippen LogP contribution in [-0.4, -0.2) is 51.9 Å². The number of ether oxygens (including phenoxy) is 2. The predicted octanol–water partition coefficient (Wildman–Crippen LogP) is 4.82. The van der Waals surface area contributed by atoms with Crippen molar-refractivity contribution in [2.24, 2.45) is 11.7 Å². The Labute approximate surface area is 262 Å². The summed E-state index contributed by atoms with van der Waals surface area (Å²) in [7, 11) is 1.28. The molecule has 1 aliphatic carbocycles. The molecule has 4 aromatic rings. The summed E-state index contributed by atoms with van der Waals surface area (Å²) in [6, 6.07) is 6.25. The zero-order chi connectivity index (χ0) is 34.1. The van der Waals surface area contributed by atoms with Crippen molar-refractivity contribution in [2.45, 2.75) is 43.5 Å². The number of nitrogens with one attached hydrogen (secondary N) is 1. The fraction of sp³-hybridized carbons (Fsp3) is 0.355. The van der Waals surface area contributed by atoms with Crippen molar-refractivity contribution in [2.75, 3.05) is 20.3 Å². The lowest BCUT2D eigenvalue weighted by molar-refractivity contribution is -0.140. The molecule has 0 unspecified atom stereocenters. The van der Waals surface area contributed by atoms with Gasteiger partial charge < -0.3 is 25.6 Å². The highest BCUT2D eigenvalue weighted by molar-refractivity contribution is 6.00. The number of pyridine rings is 1. The summed E-state index contributed by atoms with van der Waals surface area (Å²) < 4.78 is 93.0. The van der Waals surface area contributed by atoms with Crippen molar-refractivity contribution in [3.63, 3.8) is 0 Å². The number of benzene rings is 2. The van der Waals surface area contributed by atoms with Crippen LogP contribution in [0.3, 0.4) is 0 Å². The van der Waals surface area contributed by atoms with Crippen molar-refractivity contribution in [1.82, 2.24) is 20.1 Å². The first-order chi connectivity index (χ1) is 22.1. The maximum Gasteiger partial charge on any atom is 0.419 e. The fourth-order valence-electron chi connectivity index (χ4n) is 5.73. The van der Waals surface area contributed by atoms with Crippen molar-refractivity contribution < 1.29 is 50.5 Å². The molecular formula is C31H27F6N5O5. The average molecular weight is 664 g/mol. The lowest BCUT2D eigenvalue weighted by Gasteiger charge is -2.30. The van der Waals surface area contributed by atoms with Crippen LogP contribution in [0.4, 0.5) is 26.3 Å². The maximum atomic E-state index is 14.2. The highest BCUT2D eigenvalue weighted by atomic mass is 19.4. The summed E-state index contributed by atoms with van der Waals surface area (Å²) in [5.41, 5.74) is 0.565. The van der Waals surface area contributed by atoms with Crippen molar-refractivity contribution >= 4 is 22.7 Å². The maximum absolute atomic E-state index is 14.2. The first-order valence-corrected chi connectivity index (χ1v) is 14.3. The number of hydrogen-bond donors (Lipinski definition) is 3. The van der Waals surface area contributed by atoms with E-state index in [9.17, 15) is 41.0 Å². The second-order valence-corrected chi connectivity index (χ2v) is 11.8. The second kappa shape index (κ2) is 11.1. The summed E-state index contributed by atoms with van der Waals surface area (Å²) in [6.45, 7) is -2.17. The van der Waals surface area contributed by atoms with E-state index in [4.69, 9.17) is 15.2 Å². The molecule has 2 aromatic carbocycles. The van der Waals surface area contributed by atoms with E-state index in [0.29, 0.717) is 29.7 Å². The molecule has 4 N–H and O–H groups in total. The Morgan fingerprint density at radius 3 is 2.55 bits per heavy atom. The standard InChI is InChI=1S/C31H27F6N5O5/c1-29(27(38)44)13-47-25-19(29)10-22(40-24(25)14-3-6-20(32)18(8-14)31(35,36)37)30(45,17-4-5-17)12-39-26(43)15-7-16-11-42(28(33)34)41-23(16)21(9-15)46-2/h3,6-11,17,28,45H,4-5,12-13H2,1-2H3,(H2,38,44)(H,39,43)/t29-,30+/m0/s1. The van der Waals surface area contributed by atoms with Crippen LogP contribution in [0.15, 0.2) is 42.6 Å². The van der Waals surface area contributed by atoms with E-state index in [0.717, 1.165) is 12.3 Å². The third-order valence-electron chi connectivity index (χ3n) is 8.65. The number of amides is 2. The fourth-order valence-corrected chi connectivity index (χ4v) is 5.73. The van der Waals surface area contributed by atoms with Gasteiger partial charge in [0.1, 0.15) is 46.1 Å². The highest BCUT2D eigenvalue weighted by Crippen LogP contribution is 2.50. The predicted molar refractivity (Wildman–Crippen MR) is 153 cm³/mol. The van der Waals surface area contributed by atoms with Gasteiger partial charge in [0.2, 0.25) is 5.91 Å². The molecule has 0 saturated heterocycles. The number of fused-ring (bicyclic) bond motifs is 2. The minimum Gasteiger partial charge on any atom is -0.494 e. The van der Waals surface area contributed by atoms with Gasteiger partial charge in [0, 0.05) is 28.3 Å². The molecule has 10 nitrogen and oxygen atoms in total. The van der Waals surface area contributed by atoms with Gasteiger partial charge in [0.15, 0.2) is 0 Å². The number of carbonyl (C=O) groups excluding carboxylic acids is 2. The molecule has 2 atom stereocenters. The minimum atomic E-state index is -5.04. The first-order valence-electron chi connectivity index (χ1n) is 14.3. The normalized spacial score (nSPS) is 18.9. The van der Waals surface area contributed by atoms with Crippen LogP contribution in [0.5, 0.6) is 11.5 Å². The lowest BCUT2D eigenvalue weighted by atomic mass is 9.81. The van der Waals surface area contributed by atoms with E-state index < -0.39 is 59.4 Å². The number of primary amides is 1.